The van der Waals surface area contributed by atoms with Gasteiger partial charge in [0.2, 0.25) is 0 Å². The number of hydrogen-bond donors (Lipinski definition) is 0. The molecule has 0 unspecified atom stereocenters. The highest BCUT2D eigenvalue weighted by molar-refractivity contribution is 5.21. The Balaban J connectivity index is 2.21. The van der Waals surface area contributed by atoms with E-state index in [1.807, 2.05) is 36.4 Å². The molecule has 1 aromatic carbocycles. The van der Waals surface area contributed by atoms with E-state index in [4.69, 9.17) is 4.74 Å². The minimum absolute atomic E-state index is 0.623. The Morgan fingerprint density at radius 2 is 1.94 bits per heavy atom. The second-order valence-corrected chi connectivity index (χ2v) is 4.14. The van der Waals surface area contributed by atoms with Crippen molar-refractivity contribution in [2.75, 3.05) is 26.2 Å². The average Bonchev–Trinajstić information content (AvgIpc) is 2.40. The third-order valence-corrected chi connectivity index (χ3v) is 2.55. The molecular formula is C16H23NO. The summed E-state index contributed by atoms with van der Waals surface area (Å²) in [6, 6.07) is 9.88. The van der Waals surface area contributed by atoms with Gasteiger partial charge >= 0.3 is 0 Å². The van der Waals surface area contributed by atoms with Gasteiger partial charge < -0.3 is 4.74 Å². The van der Waals surface area contributed by atoms with Crippen molar-refractivity contribution in [3.05, 3.63) is 55.1 Å². The van der Waals surface area contributed by atoms with Crippen molar-refractivity contribution >= 4 is 0 Å². The highest BCUT2D eigenvalue weighted by Crippen LogP contribution is 2.07. The molecule has 0 N–H and O–H groups in total. The Labute approximate surface area is 111 Å². The first-order chi connectivity index (χ1) is 8.86. The molecule has 0 atom stereocenters. The molecule has 98 valence electrons. The van der Waals surface area contributed by atoms with E-state index in [9.17, 15) is 0 Å². The zero-order chi connectivity index (χ0) is 13.1. The standard InChI is InChI=1S/C16H23NO/c1-3-12-17(13-4-2)14-8-9-15-18-16-10-6-5-7-11-16/h3,5-11H,1,4,12-15H2,2H3. The SMILES string of the molecule is C=CCN(CC=CCOc1ccccc1)CCC. The maximum Gasteiger partial charge on any atom is 0.119 e. The van der Waals surface area contributed by atoms with E-state index in [1.54, 1.807) is 0 Å². The van der Waals surface area contributed by atoms with Gasteiger partial charge in [-0.3, -0.25) is 4.90 Å². The molecular weight excluding hydrogens is 222 g/mol. The molecule has 0 aliphatic rings. The number of rotatable bonds is 9. The highest BCUT2D eigenvalue weighted by atomic mass is 16.5. The topological polar surface area (TPSA) is 12.5 Å². The summed E-state index contributed by atoms with van der Waals surface area (Å²) in [5, 5.41) is 0. The summed E-state index contributed by atoms with van der Waals surface area (Å²) >= 11 is 0. The zero-order valence-electron chi connectivity index (χ0n) is 11.2. The molecule has 2 heteroatoms. The van der Waals surface area contributed by atoms with E-state index in [0.29, 0.717) is 6.61 Å². The van der Waals surface area contributed by atoms with Crippen molar-refractivity contribution < 1.29 is 4.74 Å². The van der Waals surface area contributed by atoms with E-state index in [2.05, 4.69) is 30.6 Å². The lowest BCUT2D eigenvalue weighted by atomic mass is 10.3. The summed E-state index contributed by atoms with van der Waals surface area (Å²) in [4.78, 5) is 2.35. The number of para-hydroxylation sites is 1. The molecule has 0 aliphatic heterocycles. The van der Waals surface area contributed by atoms with Crippen LogP contribution in [0.1, 0.15) is 13.3 Å². The predicted molar refractivity (Wildman–Crippen MR) is 78.0 cm³/mol. The predicted octanol–water partition coefficient (Wildman–Crippen LogP) is 3.52. The fourth-order valence-corrected chi connectivity index (χ4v) is 1.71. The molecule has 0 saturated carbocycles. The van der Waals surface area contributed by atoms with Crippen LogP contribution in [-0.4, -0.2) is 31.1 Å². The summed E-state index contributed by atoms with van der Waals surface area (Å²) in [6.45, 7) is 9.60. The Hall–Kier alpha value is -1.54. The molecule has 0 saturated heterocycles. The average molecular weight is 245 g/mol. The monoisotopic (exact) mass is 245 g/mol. The second kappa shape index (κ2) is 9.49. The molecule has 1 rings (SSSR count). The van der Waals surface area contributed by atoms with Crippen LogP contribution in [0.2, 0.25) is 0 Å². The van der Waals surface area contributed by atoms with Gasteiger partial charge in [-0.25, -0.2) is 0 Å². The summed E-state index contributed by atoms with van der Waals surface area (Å²) in [7, 11) is 0. The third kappa shape index (κ3) is 6.26. The van der Waals surface area contributed by atoms with Gasteiger partial charge in [-0.05, 0) is 25.1 Å². The molecule has 0 bridgehead atoms. The van der Waals surface area contributed by atoms with E-state index in [-0.39, 0.29) is 0 Å². The van der Waals surface area contributed by atoms with Crippen LogP contribution < -0.4 is 4.74 Å². The van der Waals surface area contributed by atoms with Crippen LogP contribution >= 0.6 is 0 Å². The molecule has 0 radical (unpaired) electrons. The lowest BCUT2D eigenvalue weighted by Gasteiger charge is -2.17. The lowest BCUT2D eigenvalue weighted by Crippen LogP contribution is -2.24. The summed E-state index contributed by atoms with van der Waals surface area (Å²) in [5.74, 6) is 0.915. The summed E-state index contributed by atoms with van der Waals surface area (Å²) in [6.07, 6.45) is 7.34. The van der Waals surface area contributed by atoms with Gasteiger partial charge in [-0.15, -0.1) is 6.58 Å². The van der Waals surface area contributed by atoms with Gasteiger partial charge in [0.25, 0.3) is 0 Å². The molecule has 1 aromatic rings. The molecule has 0 heterocycles. The van der Waals surface area contributed by atoms with Gasteiger partial charge in [0.15, 0.2) is 0 Å². The number of hydrogen-bond acceptors (Lipinski definition) is 2. The van der Waals surface area contributed by atoms with Crippen molar-refractivity contribution in [3.63, 3.8) is 0 Å². The Bertz CT molecular complexity index is 345. The van der Waals surface area contributed by atoms with Crippen LogP contribution in [-0.2, 0) is 0 Å². The van der Waals surface area contributed by atoms with Crippen LogP contribution in [0.5, 0.6) is 5.75 Å². The van der Waals surface area contributed by atoms with Gasteiger partial charge in [-0.1, -0.05) is 43.4 Å². The van der Waals surface area contributed by atoms with Gasteiger partial charge in [0.05, 0.1) is 0 Å². The molecule has 2 nitrogen and oxygen atoms in total. The maximum absolute atomic E-state index is 5.58. The Morgan fingerprint density at radius 1 is 1.17 bits per heavy atom. The summed E-state index contributed by atoms with van der Waals surface area (Å²) in [5.41, 5.74) is 0. The van der Waals surface area contributed by atoms with Crippen LogP contribution in [0.4, 0.5) is 0 Å². The van der Waals surface area contributed by atoms with Gasteiger partial charge in [0.1, 0.15) is 12.4 Å². The first kappa shape index (κ1) is 14.5. The van der Waals surface area contributed by atoms with Gasteiger partial charge in [0, 0.05) is 13.1 Å². The van der Waals surface area contributed by atoms with Crippen LogP contribution in [0.3, 0.4) is 0 Å². The first-order valence-corrected chi connectivity index (χ1v) is 6.53. The smallest absolute Gasteiger partial charge is 0.119 e. The third-order valence-electron chi connectivity index (χ3n) is 2.55. The van der Waals surface area contributed by atoms with E-state index in [1.165, 1.54) is 6.42 Å². The first-order valence-electron chi connectivity index (χ1n) is 6.53. The van der Waals surface area contributed by atoms with Crippen molar-refractivity contribution in [2.45, 2.75) is 13.3 Å². The van der Waals surface area contributed by atoms with Crippen molar-refractivity contribution in [1.82, 2.24) is 4.90 Å². The molecule has 0 fully saturated rings. The fourth-order valence-electron chi connectivity index (χ4n) is 1.71. The molecule has 0 amide bonds. The summed E-state index contributed by atoms with van der Waals surface area (Å²) < 4.78 is 5.58. The highest BCUT2D eigenvalue weighted by Gasteiger charge is 1.97. The van der Waals surface area contributed by atoms with E-state index >= 15 is 0 Å². The normalized spacial score (nSPS) is 11.0. The molecule has 18 heavy (non-hydrogen) atoms. The van der Waals surface area contributed by atoms with Crippen LogP contribution in [0.25, 0.3) is 0 Å². The van der Waals surface area contributed by atoms with Crippen LogP contribution in [0, 0.1) is 0 Å². The van der Waals surface area contributed by atoms with E-state index in [0.717, 1.165) is 25.4 Å². The molecule has 0 spiro atoms. The minimum Gasteiger partial charge on any atom is -0.490 e. The van der Waals surface area contributed by atoms with Crippen molar-refractivity contribution in [2.24, 2.45) is 0 Å². The van der Waals surface area contributed by atoms with E-state index < -0.39 is 0 Å². The fraction of sp³-hybridized carbons (Fsp3) is 0.375. The Morgan fingerprint density at radius 3 is 2.61 bits per heavy atom. The number of benzene rings is 1. The van der Waals surface area contributed by atoms with Gasteiger partial charge in [-0.2, -0.15) is 0 Å². The second-order valence-electron chi connectivity index (χ2n) is 4.14. The molecule has 0 aromatic heterocycles. The maximum atomic E-state index is 5.58. The number of ether oxygens (including phenoxy) is 1. The largest absolute Gasteiger partial charge is 0.490 e. The molecule has 0 aliphatic carbocycles. The quantitative estimate of drug-likeness (QED) is 0.617. The minimum atomic E-state index is 0.623. The number of nitrogens with zero attached hydrogens (tertiary/aromatic N) is 1. The zero-order valence-corrected chi connectivity index (χ0v) is 11.2. The lowest BCUT2D eigenvalue weighted by molar-refractivity contribution is 0.332. The van der Waals surface area contributed by atoms with Crippen molar-refractivity contribution in [3.8, 4) is 5.75 Å². The van der Waals surface area contributed by atoms with Crippen molar-refractivity contribution in [1.29, 1.82) is 0 Å². The Kier molecular flexibility index (Phi) is 7.65. The van der Waals surface area contributed by atoms with Crippen LogP contribution in [0.15, 0.2) is 55.1 Å².